The standard InChI is InChI=1S/C14H28N2O2/c1-11-7-8-12(2)15(9-11)10-13-5-3-4-6-14(13)16(17)18/h11-14,16-17H,3-10H2,1-2H3/p+1. The van der Waals surface area contributed by atoms with E-state index < -0.39 is 5.23 Å². The first kappa shape index (κ1) is 14.3. The Morgan fingerprint density at radius 1 is 1.17 bits per heavy atom. The summed E-state index contributed by atoms with van der Waals surface area (Å²) in [5.74, 6) is 1.22. The maximum absolute atomic E-state index is 11.3. The highest BCUT2D eigenvalue weighted by molar-refractivity contribution is 4.75. The fourth-order valence-electron chi connectivity index (χ4n) is 3.89. The third-order valence-corrected chi connectivity index (χ3v) is 5.15. The molecule has 0 aromatic heterocycles. The number of hydrogen-bond donors (Lipinski definition) is 3. The normalized spacial score (nSPS) is 43.7. The van der Waals surface area contributed by atoms with E-state index in [0.717, 1.165) is 37.8 Å². The van der Waals surface area contributed by atoms with E-state index >= 15 is 0 Å². The number of hydrogen-bond acceptors (Lipinski definition) is 2. The van der Waals surface area contributed by atoms with Crippen LogP contribution in [0.4, 0.5) is 0 Å². The van der Waals surface area contributed by atoms with Gasteiger partial charge in [0.05, 0.1) is 25.0 Å². The SMILES string of the molecule is CC1CCC(C)[NH+](CC2CCCCC2[NH+]([O-])O)C1. The van der Waals surface area contributed by atoms with Crippen LogP contribution in [-0.4, -0.2) is 30.4 Å². The second-order valence-electron chi connectivity index (χ2n) is 6.64. The molecule has 18 heavy (non-hydrogen) atoms. The molecule has 1 saturated heterocycles. The zero-order valence-electron chi connectivity index (χ0n) is 11.8. The smallest absolute Gasteiger partial charge is 0.125 e. The van der Waals surface area contributed by atoms with Crippen LogP contribution < -0.4 is 10.1 Å². The van der Waals surface area contributed by atoms with E-state index in [1.807, 2.05) is 0 Å². The summed E-state index contributed by atoms with van der Waals surface area (Å²) in [7, 11) is 0. The summed E-state index contributed by atoms with van der Waals surface area (Å²) < 4.78 is 0. The Labute approximate surface area is 110 Å². The second kappa shape index (κ2) is 6.33. The molecule has 106 valence electrons. The molecule has 0 amide bonds. The van der Waals surface area contributed by atoms with Gasteiger partial charge < -0.3 is 10.1 Å². The zero-order chi connectivity index (χ0) is 13.1. The minimum Gasteiger partial charge on any atom is -0.600 e. The Balaban J connectivity index is 1.93. The molecule has 1 heterocycles. The number of rotatable bonds is 3. The van der Waals surface area contributed by atoms with Crippen LogP contribution in [0.2, 0.25) is 0 Å². The molecule has 0 bridgehead atoms. The van der Waals surface area contributed by atoms with Crippen LogP contribution in [0.3, 0.4) is 0 Å². The molecular weight excluding hydrogens is 228 g/mol. The van der Waals surface area contributed by atoms with E-state index in [1.165, 1.54) is 25.8 Å². The number of hydroxylamine groups is 2. The molecular formula is C14H29N2O2+. The lowest BCUT2D eigenvalue weighted by Gasteiger charge is -2.40. The van der Waals surface area contributed by atoms with Crippen molar-refractivity contribution in [3.8, 4) is 0 Å². The molecule has 0 radical (unpaired) electrons. The van der Waals surface area contributed by atoms with Crippen LogP contribution in [0, 0.1) is 17.0 Å². The fourth-order valence-corrected chi connectivity index (χ4v) is 3.89. The first-order valence-electron chi connectivity index (χ1n) is 7.65. The van der Waals surface area contributed by atoms with Crippen LogP contribution in [0.25, 0.3) is 0 Å². The van der Waals surface area contributed by atoms with Crippen LogP contribution in [0.1, 0.15) is 52.4 Å². The third kappa shape index (κ3) is 3.44. The Morgan fingerprint density at radius 2 is 1.89 bits per heavy atom. The quantitative estimate of drug-likeness (QED) is 0.624. The predicted molar refractivity (Wildman–Crippen MR) is 70.4 cm³/mol. The summed E-state index contributed by atoms with van der Waals surface area (Å²) in [5.41, 5.74) is 0. The van der Waals surface area contributed by atoms with Gasteiger partial charge in [-0.05, 0) is 32.6 Å². The minimum atomic E-state index is -0.559. The topological polar surface area (TPSA) is 52.2 Å². The zero-order valence-corrected chi connectivity index (χ0v) is 11.8. The van der Waals surface area contributed by atoms with Crippen molar-refractivity contribution in [1.82, 2.24) is 0 Å². The summed E-state index contributed by atoms with van der Waals surface area (Å²) in [6.45, 7) is 6.99. The van der Waals surface area contributed by atoms with E-state index in [-0.39, 0.29) is 6.04 Å². The molecule has 0 aromatic carbocycles. The van der Waals surface area contributed by atoms with Gasteiger partial charge in [-0.15, -0.1) is 0 Å². The molecule has 0 aromatic rings. The second-order valence-corrected chi connectivity index (χ2v) is 6.64. The highest BCUT2D eigenvalue weighted by atomic mass is 16.8. The first-order valence-corrected chi connectivity index (χ1v) is 7.65. The van der Waals surface area contributed by atoms with Crippen molar-refractivity contribution in [2.75, 3.05) is 13.1 Å². The molecule has 4 heteroatoms. The summed E-state index contributed by atoms with van der Waals surface area (Å²) >= 11 is 0. The maximum atomic E-state index is 11.3. The largest absolute Gasteiger partial charge is 0.600 e. The number of piperidine rings is 1. The van der Waals surface area contributed by atoms with E-state index in [4.69, 9.17) is 0 Å². The van der Waals surface area contributed by atoms with E-state index in [9.17, 15) is 10.4 Å². The van der Waals surface area contributed by atoms with Crippen LogP contribution in [-0.2, 0) is 0 Å². The molecule has 2 aliphatic rings. The van der Waals surface area contributed by atoms with E-state index in [1.54, 1.807) is 4.90 Å². The van der Waals surface area contributed by atoms with Gasteiger partial charge in [-0.25, -0.2) is 10.4 Å². The molecule has 2 rings (SSSR count). The predicted octanol–water partition coefficient (Wildman–Crippen LogP) is 0.0204. The Kier molecular flexibility index (Phi) is 5.01. The average molecular weight is 257 g/mol. The van der Waals surface area contributed by atoms with Gasteiger partial charge in [0.25, 0.3) is 0 Å². The molecule has 2 fully saturated rings. The average Bonchev–Trinajstić information content (AvgIpc) is 2.34. The molecule has 3 N–H and O–H groups in total. The number of likely N-dealkylation sites (tertiary alicyclic amines) is 1. The van der Waals surface area contributed by atoms with Crippen molar-refractivity contribution < 1.29 is 15.3 Å². The maximum Gasteiger partial charge on any atom is 0.125 e. The van der Waals surface area contributed by atoms with Crippen molar-refractivity contribution in [3.63, 3.8) is 0 Å². The van der Waals surface area contributed by atoms with Gasteiger partial charge >= 0.3 is 0 Å². The highest BCUT2D eigenvalue weighted by Gasteiger charge is 2.36. The molecule has 1 aliphatic carbocycles. The summed E-state index contributed by atoms with van der Waals surface area (Å²) in [5, 5.41) is 20.1. The van der Waals surface area contributed by atoms with Crippen molar-refractivity contribution in [2.45, 2.75) is 64.5 Å². The van der Waals surface area contributed by atoms with Gasteiger partial charge in [-0.1, -0.05) is 13.3 Å². The van der Waals surface area contributed by atoms with Gasteiger partial charge in [0.15, 0.2) is 0 Å². The summed E-state index contributed by atoms with van der Waals surface area (Å²) in [6.07, 6.45) is 7.01. The monoisotopic (exact) mass is 257 g/mol. The van der Waals surface area contributed by atoms with Crippen LogP contribution >= 0.6 is 0 Å². The van der Waals surface area contributed by atoms with Crippen molar-refractivity contribution in [1.29, 1.82) is 0 Å². The first-order chi connectivity index (χ1) is 8.58. The van der Waals surface area contributed by atoms with Gasteiger partial charge in [-0.3, -0.25) is 0 Å². The lowest BCUT2D eigenvalue weighted by Crippen LogP contribution is -3.19. The Bertz CT molecular complexity index is 260. The van der Waals surface area contributed by atoms with Crippen LogP contribution in [0.15, 0.2) is 0 Å². The van der Waals surface area contributed by atoms with Crippen molar-refractivity contribution in [3.05, 3.63) is 5.21 Å². The fraction of sp³-hybridized carbons (Fsp3) is 1.00. The lowest BCUT2D eigenvalue weighted by atomic mass is 9.83. The lowest BCUT2D eigenvalue weighted by molar-refractivity contribution is -1.07. The number of quaternary nitrogens is 2. The molecule has 6 unspecified atom stereocenters. The highest BCUT2D eigenvalue weighted by Crippen LogP contribution is 2.22. The minimum absolute atomic E-state index is 0.0734. The summed E-state index contributed by atoms with van der Waals surface area (Å²) in [4.78, 5) is 1.66. The van der Waals surface area contributed by atoms with Gasteiger partial charge in [0.1, 0.15) is 6.04 Å². The number of nitrogens with one attached hydrogen (secondary N) is 2. The van der Waals surface area contributed by atoms with Gasteiger partial charge in [0, 0.05) is 12.3 Å². The Morgan fingerprint density at radius 3 is 2.61 bits per heavy atom. The molecule has 1 aliphatic heterocycles. The summed E-state index contributed by atoms with van der Waals surface area (Å²) in [6, 6.07) is 0.647. The van der Waals surface area contributed by atoms with Crippen molar-refractivity contribution >= 4 is 0 Å². The Hall–Kier alpha value is -0.160. The molecule has 4 nitrogen and oxygen atoms in total. The molecule has 0 spiro atoms. The third-order valence-electron chi connectivity index (χ3n) is 5.15. The van der Waals surface area contributed by atoms with E-state index in [0.29, 0.717) is 5.92 Å². The molecule has 6 atom stereocenters. The van der Waals surface area contributed by atoms with Gasteiger partial charge in [-0.2, -0.15) is 0 Å². The van der Waals surface area contributed by atoms with Crippen molar-refractivity contribution in [2.24, 2.45) is 11.8 Å². The van der Waals surface area contributed by atoms with Crippen LogP contribution in [0.5, 0.6) is 0 Å². The van der Waals surface area contributed by atoms with Gasteiger partial charge in [0.2, 0.25) is 0 Å². The van der Waals surface area contributed by atoms with E-state index in [2.05, 4.69) is 13.8 Å². The molecule has 1 saturated carbocycles.